The molecule has 23 heavy (non-hydrogen) atoms. The molecule has 0 saturated carbocycles. The largest absolute Gasteiger partial charge is 0.434 e. The summed E-state index contributed by atoms with van der Waals surface area (Å²) in [5.41, 5.74) is 0.339. The van der Waals surface area contributed by atoms with Gasteiger partial charge in [-0.3, -0.25) is 0 Å². The average Bonchev–Trinajstić information content (AvgIpc) is 2.45. The number of hydrogen-bond donors (Lipinski definition) is 1. The van der Waals surface area contributed by atoms with E-state index in [2.05, 4.69) is 9.46 Å². The third-order valence-corrected chi connectivity index (χ3v) is 4.85. The lowest BCUT2D eigenvalue weighted by Gasteiger charge is -2.34. The zero-order chi connectivity index (χ0) is 17.0. The quantitative estimate of drug-likeness (QED) is 0.848. The van der Waals surface area contributed by atoms with Gasteiger partial charge in [0.15, 0.2) is 0 Å². The van der Waals surface area contributed by atoms with E-state index in [1.54, 1.807) is 26.0 Å². The van der Waals surface area contributed by atoms with Gasteiger partial charge >= 0.3 is 6.61 Å². The van der Waals surface area contributed by atoms with Gasteiger partial charge in [-0.05, 0) is 19.9 Å². The van der Waals surface area contributed by atoms with Gasteiger partial charge in [0.1, 0.15) is 5.75 Å². The minimum absolute atomic E-state index is 0.0473. The van der Waals surface area contributed by atoms with Crippen molar-refractivity contribution in [2.75, 3.05) is 13.1 Å². The van der Waals surface area contributed by atoms with Crippen LogP contribution in [0.5, 0.6) is 5.75 Å². The van der Waals surface area contributed by atoms with Crippen molar-refractivity contribution in [3.05, 3.63) is 29.8 Å². The lowest BCUT2D eigenvalue weighted by Crippen LogP contribution is -2.51. The highest BCUT2D eigenvalue weighted by Crippen LogP contribution is 2.21. The molecule has 0 radical (unpaired) electrons. The predicted molar refractivity (Wildman–Crippen MR) is 80.4 cm³/mol. The number of para-hydroxylation sites is 1. The Morgan fingerprint density at radius 3 is 2.52 bits per heavy atom. The number of morpholine rings is 1. The number of alkyl halides is 2. The molecule has 1 fully saturated rings. The molecule has 1 saturated heterocycles. The van der Waals surface area contributed by atoms with Gasteiger partial charge in [0, 0.05) is 25.2 Å². The van der Waals surface area contributed by atoms with Gasteiger partial charge in [-0.15, -0.1) is 0 Å². The number of benzene rings is 1. The third kappa shape index (κ3) is 5.10. The van der Waals surface area contributed by atoms with Crippen LogP contribution in [0.4, 0.5) is 8.78 Å². The summed E-state index contributed by atoms with van der Waals surface area (Å²) in [5, 5.41) is 0. The molecule has 1 aliphatic rings. The first kappa shape index (κ1) is 18.1. The molecule has 6 nitrogen and oxygen atoms in total. The molecule has 0 amide bonds. The SMILES string of the molecule is CC1CN(S(=O)(=O)NCc2ccccc2OC(F)F)CC(C)O1. The van der Waals surface area contributed by atoms with Crippen LogP contribution >= 0.6 is 0 Å². The van der Waals surface area contributed by atoms with E-state index in [1.165, 1.54) is 16.4 Å². The molecule has 9 heteroatoms. The molecule has 2 rings (SSSR count). The van der Waals surface area contributed by atoms with Crippen molar-refractivity contribution in [2.45, 2.75) is 39.2 Å². The van der Waals surface area contributed by atoms with Crippen LogP contribution in [-0.4, -0.2) is 44.6 Å². The van der Waals surface area contributed by atoms with E-state index in [0.717, 1.165) is 0 Å². The highest BCUT2D eigenvalue weighted by Gasteiger charge is 2.30. The minimum atomic E-state index is -3.73. The summed E-state index contributed by atoms with van der Waals surface area (Å²) >= 11 is 0. The molecule has 1 aromatic carbocycles. The Morgan fingerprint density at radius 1 is 1.30 bits per heavy atom. The highest BCUT2D eigenvalue weighted by molar-refractivity contribution is 7.87. The fourth-order valence-electron chi connectivity index (χ4n) is 2.45. The molecule has 1 aliphatic heterocycles. The molecule has 0 spiro atoms. The van der Waals surface area contributed by atoms with Crippen molar-refractivity contribution in [2.24, 2.45) is 0 Å². The second kappa shape index (κ2) is 7.52. The molecule has 0 aliphatic carbocycles. The van der Waals surface area contributed by atoms with Crippen molar-refractivity contribution >= 4 is 10.2 Å². The van der Waals surface area contributed by atoms with E-state index in [-0.39, 0.29) is 37.6 Å². The maximum absolute atomic E-state index is 12.4. The zero-order valence-corrected chi connectivity index (χ0v) is 13.7. The molecule has 2 unspecified atom stereocenters. The van der Waals surface area contributed by atoms with Crippen molar-refractivity contribution < 1.29 is 26.7 Å². The summed E-state index contributed by atoms with van der Waals surface area (Å²) < 4.78 is 63.0. The smallest absolute Gasteiger partial charge is 0.387 e. The Kier molecular flexibility index (Phi) is 5.90. The molecule has 1 N–H and O–H groups in total. The standard InChI is InChI=1S/C14H20F2N2O4S/c1-10-8-18(9-11(2)21-10)23(19,20)17-7-12-5-3-4-6-13(12)22-14(15)16/h3-6,10-11,14,17H,7-9H2,1-2H3. The van der Waals surface area contributed by atoms with Gasteiger partial charge in [-0.2, -0.15) is 26.2 Å². The highest BCUT2D eigenvalue weighted by atomic mass is 32.2. The normalized spacial score (nSPS) is 23.2. The fourth-order valence-corrected chi connectivity index (χ4v) is 3.78. The van der Waals surface area contributed by atoms with E-state index in [1.807, 2.05) is 0 Å². The Labute approximate surface area is 134 Å². The van der Waals surface area contributed by atoms with E-state index in [4.69, 9.17) is 4.74 Å². The third-order valence-electron chi connectivity index (χ3n) is 3.36. The number of nitrogens with zero attached hydrogens (tertiary/aromatic N) is 1. The molecular formula is C14H20F2N2O4S. The monoisotopic (exact) mass is 350 g/mol. The number of halogens is 2. The van der Waals surface area contributed by atoms with Crippen molar-refractivity contribution in [3.8, 4) is 5.75 Å². The van der Waals surface area contributed by atoms with Gasteiger partial charge < -0.3 is 9.47 Å². The van der Waals surface area contributed by atoms with Crippen LogP contribution in [0.15, 0.2) is 24.3 Å². The fraction of sp³-hybridized carbons (Fsp3) is 0.571. The van der Waals surface area contributed by atoms with E-state index >= 15 is 0 Å². The minimum Gasteiger partial charge on any atom is -0.434 e. The van der Waals surface area contributed by atoms with Crippen molar-refractivity contribution in [1.29, 1.82) is 0 Å². The maximum Gasteiger partial charge on any atom is 0.387 e. The van der Waals surface area contributed by atoms with Crippen molar-refractivity contribution in [1.82, 2.24) is 9.03 Å². The molecule has 1 heterocycles. The lowest BCUT2D eigenvalue weighted by molar-refractivity contribution is -0.0505. The van der Waals surface area contributed by atoms with Crippen LogP contribution in [0.25, 0.3) is 0 Å². The number of rotatable bonds is 6. The van der Waals surface area contributed by atoms with E-state index in [0.29, 0.717) is 5.56 Å². The van der Waals surface area contributed by atoms with Crippen LogP contribution in [0.1, 0.15) is 19.4 Å². The molecule has 2 atom stereocenters. The second-order valence-corrected chi connectivity index (χ2v) is 7.14. The first-order chi connectivity index (χ1) is 10.8. The van der Waals surface area contributed by atoms with Gasteiger partial charge in [0.25, 0.3) is 10.2 Å². The summed E-state index contributed by atoms with van der Waals surface area (Å²) in [4.78, 5) is 0. The molecule has 1 aromatic rings. The summed E-state index contributed by atoms with van der Waals surface area (Å²) in [6.07, 6.45) is -0.408. The average molecular weight is 350 g/mol. The van der Waals surface area contributed by atoms with Crippen LogP contribution in [0.3, 0.4) is 0 Å². The van der Waals surface area contributed by atoms with Gasteiger partial charge in [-0.1, -0.05) is 18.2 Å². The Balaban J connectivity index is 2.05. The van der Waals surface area contributed by atoms with Crippen LogP contribution in [0.2, 0.25) is 0 Å². The summed E-state index contributed by atoms with van der Waals surface area (Å²) in [6.45, 7) is 0.983. The second-order valence-electron chi connectivity index (χ2n) is 5.39. The molecule has 0 bridgehead atoms. The van der Waals surface area contributed by atoms with E-state index in [9.17, 15) is 17.2 Å². The Morgan fingerprint density at radius 2 is 1.91 bits per heavy atom. The van der Waals surface area contributed by atoms with E-state index < -0.39 is 16.8 Å². The summed E-state index contributed by atoms with van der Waals surface area (Å²) in [6, 6.07) is 6.07. The Bertz CT molecular complexity index is 617. The maximum atomic E-state index is 12.4. The first-order valence-electron chi connectivity index (χ1n) is 7.21. The number of hydrogen-bond acceptors (Lipinski definition) is 4. The van der Waals surface area contributed by atoms with Gasteiger partial charge in [-0.25, -0.2) is 0 Å². The summed E-state index contributed by atoms with van der Waals surface area (Å²) in [5.74, 6) is -0.0473. The summed E-state index contributed by atoms with van der Waals surface area (Å²) in [7, 11) is -3.73. The lowest BCUT2D eigenvalue weighted by atomic mass is 10.2. The van der Waals surface area contributed by atoms with Crippen LogP contribution < -0.4 is 9.46 Å². The van der Waals surface area contributed by atoms with Crippen LogP contribution in [-0.2, 0) is 21.5 Å². The molecule has 130 valence electrons. The first-order valence-corrected chi connectivity index (χ1v) is 8.65. The van der Waals surface area contributed by atoms with Gasteiger partial charge in [0.2, 0.25) is 0 Å². The predicted octanol–water partition coefficient (Wildman–Crippen LogP) is 1.73. The molecule has 0 aromatic heterocycles. The van der Waals surface area contributed by atoms with Gasteiger partial charge in [0.05, 0.1) is 12.2 Å². The van der Waals surface area contributed by atoms with Crippen molar-refractivity contribution in [3.63, 3.8) is 0 Å². The topological polar surface area (TPSA) is 67.9 Å². The van der Waals surface area contributed by atoms with Crippen LogP contribution in [0, 0.1) is 0 Å². The zero-order valence-electron chi connectivity index (χ0n) is 12.9. The number of nitrogens with one attached hydrogen (secondary N) is 1. The number of ether oxygens (including phenoxy) is 2. The Hall–Kier alpha value is -1.29. The molecular weight excluding hydrogens is 330 g/mol.